The number of alkyl halides is 2. The Labute approximate surface area is 193 Å². The number of rotatable bonds is 8. The lowest BCUT2D eigenvalue weighted by atomic mass is 10.1. The molecular formula is C19H17ClF2N6O4S. The van der Waals surface area contributed by atoms with Gasteiger partial charge in [0, 0.05) is 36.0 Å². The number of methoxy groups -OCH3 is 2. The predicted octanol–water partition coefficient (Wildman–Crippen LogP) is 3.77. The fraction of sp³-hybridized carbons (Fsp3) is 0.211. The van der Waals surface area contributed by atoms with E-state index in [0.717, 1.165) is 5.56 Å². The quantitative estimate of drug-likeness (QED) is 0.380. The van der Waals surface area contributed by atoms with Crippen LogP contribution in [0, 0.1) is 0 Å². The van der Waals surface area contributed by atoms with Crippen molar-refractivity contribution in [1.29, 1.82) is 0 Å². The minimum atomic E-state index is -3.14. The number of H-pyrrole nitrogens is 1. The number of fused-ring (bicyclic) bond motifs is 1. The van der Waals surface area contributed by atoms with Crippen molar-refractivity contribution in [1.82, 2.24) is 24.7 Å². The van der Waals surface area contributed by atoms with Crippen molar-refractivity contribution >= 4 is 39.4 Å². The van der Waals surface area contributed by atoms with E-state index in [1.165, 1.54) is 14.2 Å². The second kappa shape index (κ2) is 9.19. The van der Waals surface area contributed by atoms with Gasteiger partial charge in [0.1, 0.15) is 0 Å². The summed E-state index contributed by atoms with van der Waals surface area (Å²) in [7, 11) is 2.36. The summed E-state index contributed by atoms with van der Waals surface area (Å²) in [4.78, 5) is 11.4. The molecule has 10 nitrogen and oxygen atoms in total. The first-order chi connectivity index (χ1) is 15.8. The maximum Gasteiger partial charge on any atom is 0.387 e. The number of aromatic nitrogens is 5. The van der Waals surface area contributed by atoms with E-state index < -0.39 is 23.3 Å². The number of nitrogens with one attached hydrogen (secondary N) is 2. The first kappa shape index (κ1) is 22.7. The Morgan fingerprint density at radius 1 is 1.21 bits per heavy atom. The van der Waals surface area contributed by atoms with Crippen molar-refractivity contribution in [3.05, 3.63) is 35.7 Å². The number of anilines is 1. The van der Waals surface area contributed by atoms with E-state index in [1.807, 2.05) is 6.20 Å². The summed E-state index contributed by atoms with van der Waals surface area (Å²) >= 11 is 6.42. The van der Waals surface area contributed by atoms with Crippen LogP contribution in [0.1, 0.15) is 0 Å². The second-order valence-electron chi connectivity index (χ2n) is 6.54. The fourth-order valence-electron chi connectivity index (χ4n) is 3.19. The Bertz CT molecular complexity index is 1320. The van der Waals surface area contributed by atoms with E-state index in [9.17, 15) is 13.0 Å². The lowest BCUT2D eigenvalue weighted by Crippen LogP contribution is -2.12. The molecule has 1 aromatic carbocycles. The molecule has 0 radical (unpaired) electrons. The van der Waals surface area contributed by atoms with E-state index in [-0.39, 0.29) is 17.7 Å². The third-order valence-corrected chi connectivity index (χ3v) is 5.96. The van der Waals surface area contributed by atoms with E-state index in [0.29, 0.717) is 26.4 Å². The van der Waals surface area contributed by atoms with E-state index in [2.05, 4.69) is 29.5 Å². The summed E-state index contributed by atoms with van der Waals surface area (Å²) in [5.41, 5.74) is 2.16. The van der Waals surface area contributed by atoms with Crippen molar-refractivity contribution < 1.29 is 27.2 Å². The molecular weight excluding hydrogens is 482 g/mol. The number of nitrogens with zero attached hydrogens (tertiary/aromatic N) is 4. The Balaban J connectivity index is 1.70. The molecule has 0 amide bonds. The number of benzene rings is 1. The van der Waals surface area contributed by atoms with Crippen LogP contribution in [0.25, 0.3) is 22.0 Å². The highest BCUT2D eigenvalue weighted by Gasteiger charge is 2.23. The molecule has 1 unspecified atom stereocenters. The topological polar surface area (TPSA) is 116 Å². The van der Waals surface area contributed by atoms with Crippen molar-refractivity contribution in [2.75, 3.05) is 18.9 Å². The standard InChI is InChI=1S/C19H17ClF2N6O4S/c1-28-8-9(6-24-28)13-11(20)5-4-10-12(7-23-14(10)13)33(29)27-19-25-16(30-2)15(32-18(21)22)17(26-19)31-3/h4-8,18,23H,1-3H3,(H,25,26,27). The number of aryl methyl sites for hydroxylation is 1. The molecule has 0 fully saturated rings. The van der Waals surface area contributed by atoms with Gasteiger partial charge in [0.2, 0.25) is 11.7 Å². The zero-order valence-electron chi connectivity index (χ0n) is 17.4. The Morgan fingerprint density at radius 2 is 1.91 bits per heavy atom. The lowest BCUT2D eigenvalue weighted by molar-refractivity contribution is -0.0533. The van der Waals surface area contributed by atoms with Crippen molar-refractivity contribution in [3.63, 3.8) is 0 Å². The number of aromatic amines is 1. The molecule has 0 spiro atoms. The van der Waals surface area contributed by atoms with Gasteiger partial charge in [0.15, 0.2) is 11.0 Å². The Hall–Kier alpha value is -3.45. The number of hydrogen-bond acceptors (Lipinski definition) is 7. The van der Waals surface area contributed by atoms with Gasteiger partial charge < -0.3 is 19.2 Å². The van der Waals surface area contributed by atoms with Crippen LogP contribution in [0.3, 0.4) is 0 Å². The van der Waals surface area contributed by atoms with Crippen LogP contribution in [0.15, 0.2) is 35.6 Å². The van der Waals surface area contributed by atoms with E-state index in [4.69, 9.17) is 21.1 Å². The summed E-state index contributed by atoms with van der Waals surface area (Å²) in [6, 6.07) is 3.42. The summed E-state index contributed by atoms with van der Waals surface area (Å²) in [6.45, 7) is -3.14. The Morgan fingerprint density at radius 3 is 2.48 bits per heavy atom. The molecule has 0 aliphatic carbocycles. The zero-order valence-corrected chi connectivity index (χ0v) is 19.0. The molecule has 0 saturated carbocycles. The molecule has 14 heteroatoms. The molecule has 2 N–H and O–H groups in total. The van der Waals surface area contributed by atoms with Crippen LogP contribution in [-0.4, -0.2) is 49.8 Å². The van der Waals surface area contributed by atoms with Crippen LogP contribution >= 0.6 is 11.6 Å². The van der Waals surface area contributed by atoms with E-state index in [1.54, 1.807) is 36.3 Å². The van der Waals surface area contributed by atoms with Gasteiger partial charge in [-0.25, -0.2) is 4.21 Å². The average Bonchev–Trinajstić information content (AvgIpc) is 3.40. The molecule has 3 heterocycles. The van der Waals surface area contributed by atoms with Gasteiger partial charge in [-0.05, 0) is 6.07 Å². The molecule has 174 valence electrons. The third-order valence-electron chi connectivity index (χ3n) is 4.54. The molecule has 3 aromatic heterocycles. The third kappa shape index (κ3) is 4.41. The highest BCUT2D eigenvalue weighted by Crippen LogP contribution is 2.38. The zero-order chi connectivity index (χ0) is 23.7. The minimum Gasteiger partial charge on any atom is -0.478 e. The van der Waals surface area contributed by atoms with E-state index >= 15 is 0 Å². The van der Waals surface area contributed by atoms with Crippen LogP contribution in [-0.2, 0) is 18.0 Å². The highest BCUT2D eigenvalue weighted by molar-refractivity contribution is 7.86. The first-order valence-corrected chi connectivity index (χ1v) is 10.8. The largest absolute Gasteiger partial charge is 0.478 e. The highest BCUT2D eigenvalue weighted by atomic mass is 35.5. The number of hydrogen-bond donors (Lipinski definition) is 2. The molecule has 4 aromatic rings. The second-order valence-corrected chi connectivity index (χ2v) is 8.13. The van der Waals surface area contributed by atoms with Crippen LogP contribution < -0.4 is 18.9 Å². The minimum absolute atomic E-state index is 0.181. The van der Waals surface area contributed by atoms with Gasteiger partial charge in [-0.3, -0.25) is 9.40 Å². The molecule has 1 atom stereocenters. The van der Waals surface area contributed by atoms with Gasteiger partial charge in [0.05, 0.1) is 35.9 Å². The summed E-state index contributed by atoms with van der Waals surface area (Å²) < 4.78 is 57.2. The fourth-order valence-corrected chi connectivity index (χ4v) is 4.36. The van der Waals surface area contributed by atoms with Gasteiger partial charge in [-0.2, -0.15) is 23.8 Å². The number of halogens is 3. The first-order valence-electron chi connectivity index (χ1n) is 9.24. The summed E-state index contributed by atoms with van der Waals surface area (Å²) in [5.74, 6) is -1.29. The van der Waals surface area contributed by atoms with Crippen molar-refractivity contribution in [3.8, 4) is 28.6 Å². The Kier molecular flexibility index (Phi) is 6.33. The predicted molar refractivity (Wildman–Crippen MR) is 117 cm³/mol. The molecule has 0 bridgehead atoms. The summed E-state index contributed by atoms with van der Waals surface area (Å²) in [5, 5.41) is 5.31. The van der Waals surface area contributed by atoms with Gasteiger partial charge in [0.25, 0.3) is 11.8 Å². The molecule has 0 saturated heterocycles. The lowest BCUT2D eigenvalue weighted by Gasteiger charge is -2.13. The summed E-state index contributed by atoms with van der Waals surface area (Å²) in [6.07, 6.45) is 5.05. The maximum atomic E-state index is 13.1. The van der Waals surface area contributed by atoms with Gasteiger partial charge in [-0.15, -0.1) is 0 Å². The average molecular weight is 499 g/mol. The normalized spacial score (nSPS) is 12.2. The molecule has 0 aliphatic rings. The van der Waals surface area contributed by atoms with Crippen LogP contribution in [0.2, 0.25) is 5.02 Å². The van der Waals surface area contributed by atoms with Crippen LogP contribution in [0.5, 0.6) is 17.5 Å². The molecule has 4 rings (SSSR count). The molecule has 0 aliphatic heterocycles. The molecule has 33 heavy (non-hydrogen) atoms. The van der Waals surface area contributed by atoms with Gasteiger partial charge >= 0.3 is 6.61 Å². The van der Waals surface area contributed by atoms with Crippen LogP contribution in [0.4, 0.5) is 14.7 Å². The number of ether oxygens (including phenoxy) is 3. The smallest absolute Gasteiger partial charge is 0.387 e. The van der Waals surface area contributed by atoms with Gasteiger partial charge in [-0.1, -0.05) is 17.7 Å². The van der Waals surface area contributed by atoms with Crippen molar-refractivity contribution in [2.24, 2.45) is 7.05 Å². The SMILES string of the molecule is COc1nc(NS(=O)c2c[nH]c3c(-c4cnn(C)c4)c(Cl)ccc23)nc(OC)c1OC(F)F. The maximum absolute atomic E-state index is 13.1. The monoisotopic (exact) mass is 498 g/mol. The van der Waals surface area contributed by atoms with Crippen molar-refractivity contribution in [2.45, 2.75) is 11.5 Å².